The molecule has 0 atom stereocenters. The number of aryl methyl sites for hydroxylation is 1. The standard InChI is InChI=1S/C23H18O8Si/c1-12-4-2-3-5-19(12)32(13-6-8-15(20(24)25)17(10-13)22(28)29)14-7-9-16(21(26)27)18(11-14)23(30)31/h2-11,32H,1H3,(H,24,25)(H,26,27)(H,28,29)(H,30,31). The number of carboxylic acid groups (broad SMARTS) is 4. The number of benzene rings is 3. The van der Waals surface area contributed by atoms with Gasteiger partial charge in [-0.15, -0.1) is 0 Å². The van der Waals surface area contributed by atoms with Crippen LogP contribution in [-0.4, -0.2) is 53.1 Å². The average molecular weight is 450 g/mol. The van der Waals surface area contributed by atoms with Gasteiger partial charge in [0, 0.05) is 0 Å². The molecule has 0 saturated heterocycles. The van der Waals surface area contributed by atoms with Crippen LogP contribution in [0.5, 0.6) is 0 Å². The number of aromatic carboxylic acids is 4. The van der Waals surface area contributed by atoms with E-state index in [0.29, 0.717) is 10.4 Å². The Bertz CT molecular complexity index is 1190. The van der Waals surface area contributed by atoms with Gasteiger partial charge in [0.15, 0.2) is 0 Å². The lowest BCUT2D eigenvalue weighted by Gasteiger charge is -2.21. The van der Waals surface area contributed by atoms with E-state index in [9.17, 15) is 39.6 Å². The topological polar surface area (TPSA) is 149 Å². The van der Waals surface area contributed by atoms with E-state index < -0.39 is 32.7 Å². The molecule has 162 valence electrons. The molecule has 3 rings (SSSR count). The molecule has 0 aliphatic heterocycles. The van der Waals surface area contributed by atoms with E-state index in [-0.39, 0.29) is 22.3 Å². The Morgan fingerprint density at radius 2 is 1.00 bits per heavy atom. The number of carboxylic acids is 4. The molecule has 0 aliphatic carbocycles. The molecule has 0 amide bonds. The lowest BCUT2D eigenvalue weighted by molar-refractivity contribution is 0.0651. The van der Waals surface area contributed by atoms with Crippen LogP contribution < -0.4 is 15.6 Å². The highest BCUT2D eigenvalue weighted by atomic mass is 28.3. The van der Waals surface area contributed by atoms with Crippen molar-refractivity contribution < 1.29 is 39.6 Å². The minimum atomic E-state index is -2.50. The summed E-state index contributed by atoms with van der Waals surface area (Å²) in [6.45, 7) is 1.86. The predicted molar refractivity (Wildman–Crippen MR) is 118 cm³/mol. The van der Waals surface area contributed by atoms with Gasteiger partial charge in [0.2, 0.25) is 0 Å². The SMILES string of the molecule is Cc1ccccc1[SiH](c1ccc(C(=O)O)c(C(=O)O)c1)c1ccc(C(=O)O)c(C(=O)O)c1. The molecule has 0 bridgehead atoms. The first kappa shape index (κ1) is 22.4. The molecule has 0 fully saturated rings. The van der Waals surface area contributed by atoms with Gasteiger partial charge in [-0.25, -0.2) is 19.2 Å². The minimum absolute atomic E-state index is 0.355. The highest BCUT2D eigenvalue weighted by molar-refractivity contribution is 6.95. The van der Waals surface area contributed by atoms with Gasteiger partial charge in [0.1, 0.15) is 8.80 Å². The molecular formula is C23H18O8Si. The zero-order valence-corrected chi connectivity index (χ0v) is 17.9. The second-order valence-electron chi connectivity index (χ2n) is 7.12. The Hall–Kier alpha value is -4.24. The summed E-state index contributed by atoms with van der Waals surface area (Å²) in [6.07, 6.45) is 0. The van der Waals surface area contributed by atoms with E-state index in [1.165, 1.54) is 36.4 Å². The predicted octanol–water partition coefficient (Wildman–Crippen LogP) is 1.04. The molecular weight excluding hydrogens is 432 g/mol. The van der Waals surface area contributed by atoms with Crippen molar-refractivity contribution in [3.8, 4) is 0 Å². The van der Waals surface area contributed by atoms with Crippen LogP contribution in [0.4, 0.5) is 0 Å². The van der Waals surface area contributed by atoms with E-state index in [2.05, 4.69) is 0 Å². The molecule has 0 heterocycles. The molecule has 0 saturated carbocycles. The molecule has 9 heteroatoms. The molecule has 0 unspecified atom stereocenters. The summed E-state index contributed by atoms with van der Waals surface area (Å²) < 4.78 is 0. The quantitative estimate of drug-likeness (QED) is 0.308. The van der Waals surface area contributed by atoms with Crippen LogP contribution in [-0.2, 0) is 0 Å². The Balaban J connectivity index is 2.32. The smallest absolute Gasteiger partial charge is 0.336 e. The normalized spacial score (nSPS) is 10.7. The fourth-order valence-corrected chi connectivity index (χ4v) is 6.87. The van der Waals surface area contributed by atoms with E-state index >= 15 is 0 Å². The lowest BCUT2D eigenvalue weighted by atomic mass is 10.1. The van der Waals surface area contributed by atoms with Gasteiger partial charge in [-0.2, -0.15) is 0 Å². The largest absolute Gasteiger partial charge is 0.478 e. The number of hydrogen-bond donors (Lipinski definition) is 4. The van der Waals surface area contributed by atoms with Gasteiger partial charge >= 0.3 is 23.9 Å². The Morgan fingerprint density at radius 3 is 1.38 bits per heavy atom. The molecule has 3 aromatic rings. The monoisotopic (exact) mass is 450 g/mol. The molecule has 0 aliphatic rings. The van der Waals surface area contributed by atoms with Gasteiger partial charge < -0.3 is 20.4 Å². The van der Waals surface area contributed by atoms with Crippen LogP contribution in [0, 0.1) is 6.92 Å². The summed E-state index contributed by atoms with van der Waals surface area (Å²) in [5.41, 5.74) is -0.566. The summed E-state index contributed by atoms with van der Waals surface area (Å²) in [4.78, 5) is 46.3. The Kier molecular flexibility index (Phi) is 6.21. The Morgan fingerprint density at radius 1 is 0.594 bits per heavy atom. The van der Waals surface area contributed by atoms with E-state index in [4.69, 9.17) is 0 Å². The van der Waals surface area contributed by atoms with Crippen molar-refractivity contribution >= 4 is 48.2 Å². The number of carbonyl (C=O) groups is 4. The van der Waals surface area contributed by atoms with Crippen LogP contribution in [0.3, 0.4) is 0 Å². The lowest BCUT2D eigenvalue weighted by Crippen LogP contribution is -2.53. The van der Waals surface area contributed by atoms with Crippen molar-refractivity contribution in [3.05, 3.63) is 88.5 Å². The van der Waals surface area contributed by atoms with E-state index in [1.807, 2.05) is 25.1 Å². The summed E-state index contributed by atoms with van der Waals surface area (Å²) >= 11 is 0. The first-order valence-electron chi connectivity index (χ1n) is 9.38. The fourth-order valence-electron chi connectivity index (χ4n) is 3.67. The third-order valence-electron chi connectivity index (χ3n) is 5.18. The highest BCUT2D eigenvalue weighted by Crippen LogP contribution is 2.12. The van der Waals surface area contributed by atoms with Crippen molar-refractivity contribution in [2.75, 3.05) is 0 Å². The van der Waals surface area contributed by atoms with Crippen LogP contribution in [0.2, 0.25) is 0 Å². The molecule has 8 nitrogen and oxygen atoms in total. The van der Waals surface area contributed by atoms with Gasteiger partial charge in [-0.1, -0.05) is 52.3 Å². The molecule has 0 aromatic heterocycles. The second-order valence-corrected chi connectivity index (χ2v) is 9.94. The maximum absolute atomic E-state index is 11.7. The van der Waals surface area contributed by atoms with Crippen LogP contribution in [0.1, 0.15) is 47.0 Å². The van der Waals surface area contributed by atoms with Crippen LogP contribution in [0.25, 0.3) is 0 Å². The molecule has 32 heavy (non-hydrogen) atoms. The summed E-state index contributed by atoms with van der Waals surface area (Å²) in [5, 5.41) is 39.7. The fraction of sp³-hybridized carbons (Fsp3) is 0.0435. The molecule has 0 radical (unpaired) electrons. The number of hydrogen-bond acceptors (Lipinski definition) is 4. The van der Waals surface area contributed by atoms with Crippen LogP contribution >= 0.6 is 0 Å². The molecule has 4 N–H and O–H groups in total. The Labute approximate surface area is 183 Å². The molecule has 0 spiro atoms. The maximum Gasteiger partial charge on any atom is 0.336 e. The van der Waals surface area contributed by atoms with E-state index in [1.54, 1.807) is 6.07 Å². The highest BCUT2D eigenvalue weighted by Gasteiger charge is 2.26. The van der Waals surface area contributed by atoms with E-state index in [0.717, 1.165) is 10.8 Å². The summed E-state index contributed by atoms with van der Waals surface area (Å²) in [6, 6.07) is 15.5. The average Bonchev–Trinajstić information content (AvgIpc) is 2.74. The van der Waals surface area contributed by atoms with Crippen LogP contribution in [0.15, 0.2) is 60.7 Å². The third-order valence-corrected chi connectivity index (χ3v) is 8.50. The molecule has 3 aromatic carbocycles. The number of rotatable bonds is 7. The zero-order chi connectivity index (χ0) is 23.6. The van der Waals surface area contributed by atoms with Crippen molar-refractivity contribution in [2.24, 2.45) is 0 Å². The maximum atomic E-state index is 11.7. The van der Waals surface area contributed by atoms with Gasteiger partial charge in [-0.3, -0.25) is 0 Å². The van der Waals surface area contributed by atoms with Crippen molar-refractivity contribution in [1.82, 2.24) is 0 Å². The summed E-state index contributed by atoms with van der Waals surface area (Å²) in [7, 11) is -2.50. The van der Waals surface area contributed by atoms with Gasteiger partial charge in [0.05, 0.1) is 22.3 Å². The first-order chi connectivity index (χ1) is 15.1. The van der Waals surface area contributed by atoms with Gasteiger partial charge in [-0.05, 0) is 36.4 Å². The second kappa shape index (κ2) is 8.86. The zero-order valence-electron chi connectivity index (χ0n) is 16.8. The minimum Gasteiger partial charge on any atom is -0.478 e. The van der Waals surface area contributed by atoms with Crippen molar-refractivity contribution in [3.63, 3.8) is 0 Å². The van der Waals surface area contributed by atoms with Gasteiger partial charge in [0.25, 0.3) is 0 Å². The third kappa shape index (κ3) is 4.28. The van der Waals surface area contributed by atoms with Crippen molar-refractivity contribution in [2.45, 2.75) is 6.92 Å². The van der Waals surface area contributed by atoms with Crippen molar-refractivity contribution in [1.29, 1.82) is 0 Å². The first-order valence-corrected chi connectivity index (χ1v) is 11.1. The summed E-state index contributed by atoms with van der Waals surface area (Å²) in [5.74, 6) is -5.53.